The Hall–Kier alpha value is -0.990. The van der Waals surface area contributed by atoms with Crippen molar-refractivity contribution in [2.45, 2.75) is 53.0 Å². The zero-order chi connectivity index (χ0) is 10.7. The van der Waals surface area contributed by atoms with E-state index < -0.39 is 0 Å². The minimum Gasteiger partial charge on any atom is -0.384 e. The highest BCUT2D eigenvalue weighted by atomic mass is 15.1. The minimum atomic E-state index is 0.448. The molecule has 0 spiro atoms. The van der Waals surface area contributed by atoms with Gasteiger partial charge in [-0.05, 0) is 12.8 Å². The van der Waals surface area contributed by atoms with Gasteiger partial charge in [-0.15, -0.1) is 0 Å². The van der Waals surface area contributed by atoms with E-state index in [-0.39, 0.29) is 0 Å². The molecule has 1 rings (SSSR count). The first-order valence-corrected chi connectivity index (χ1v) is 5.46. The van der Waals surface area contributed by atoms with Crippen LogP contribution >= 0.6 is 0 Å². The van der Waals surface area contributed by atoms with Gasteiger partial charge in [0.25, 0.3) is 0 Å². The summed E-state index contributed by atoms with van der Waals surface area (Å²) in [6, 6.07) is 0. The molecule has 0 unspecified atom stereocenters. The van der Waals surface area contributed by atoms with E-state index in [1.54, 1.807) is 0 Å². The number of hydrogen-bond donors (Lipinski definition) is 1. The monoisotopic (exact) mass is 195 g/mol. The van der Waals surface area contributed by atoms with Gasteiger partial charge in [0.2, 0.25) is 0 Å². The van der Waals surface area contributed by atoms with Gasteiger partial charge in [-0.25, -0.2) is 4.98 Å². The van der Waals surface area contributed by atoms with Gasteiger partial charge in [-0.3, -0.25) is 0 Å². The Morgan fingerprint density at radius 1 is 1.36 bits per heavy atom. The molecule has 14 heavy (non-hydrogen) atoms. The van der Waals surface area contributed by atoms with Crippen LogP contribution < -0.4 is 5.73 Å². The Bertz CT molecular complexity index is 300. The number of anilines is 1. The summed E-state index contributed by atoms with van der Waals surface area (Å²) >= 11 is 0. The molecule has 0 saturated carbocycles. The number of nitrogens with two attached hydrogens (primary N) is 1. The third kappa shape index (κ3) is 1.91. The predicted octanol–water partition coefficient (Wildman–Crippen LogP) is 2.56. The summed E-state index contributed by atoms with van der Waals surface area (Å²) in [5.74, 6) is 2.43. The molecule has 0 radical (unpaired) electrons. The molecule has 1 aromatic heterocycles. The van der Waals surface area contributed by atoms with Crippen LogP contribution in [0.5, 0.6) is 0 Å². The van der Waals surface area contributed by atoms with E-state index >= 15 is 0 Å². The lowest BCUT2D eigenvalue weighted by Gasteiger charge is -2.10. The first-order chi connectivity index (χ1) is 6.61. The molecule has 0 aliphatic heterocycles. The Morgan fingerprint density at radius 2 is 2.00 bits per heavy atom. The highest BCUT2D eigenvalue weighted by molar-refractivity contribution is 5.38. The molecule has 0 atom stereocenters. The molecule has 1 aromatic rings. The Balaban J connectivity index is 3.13. The molecule has 0 aromatic carbocycles. The topological polar surface area (TPSA) is 43.8 Å². The van der Waals surface area contributed by atoms with Crippen LogP contribution in [0.4, 0.5) is 5.82 Å². The minimum absolute atomic E-state index is 0.448. The molecule has 0 aliphatic rings. The second-order valence-electron chi connectivity index (χ2n) is 3.96. The van der Waals surface area contributed by atoms with Gasteiger partial charge in [0.05, 0.1) is 5.69 Å². The molecule has 0 saturated heterocycles. The third-order valence-electron chi connectivity index (χ3n) is 2.41. The SMILES string of the molecule is CCCn1c(C(C)C)nc(CC)c1N. The van der Waals surface area contributed by atoms with Crippen LogP contribution in [0.3, 0.4) is 0 Å². The molecule has 3 nitrogen and oxygen atoms in total. The molecular weight excluding hydrogens is 174 g/mol. The Labute approximate surface area is 86.3 Å². The fourth-order valence-corrected chi connectivity index (χ4v) is 1.69. The van der Waals surface area contributed by atoms with Crippen molar-refractivity contribution in [1.29, 1.82) is 0 Å². The van der Waals surface area contributed by atoms with Gasteiger partial charge in [0.1, 0.15) is 11.6 Å². The summed E-state index contributed by atoms with van der Waals surface area (Å²) in [7, 11) is 0. The van der Waals surface area contributed by atoms with Gasteiger partial charge in [-0.1, -0.05) is 27.7 Å². The lowest BCUT2D eigenvalue weighted by atomic mass is 10.2. The lowest BCUT2D eigenvalue weighted by Crippen LogP contribution is -2.08. The van der Waals surface area contributed by atoms with E-state index in [2.05, 4.69) is 37.2 Å². The van der Waals surface area contributed by atoms with Crippen LogP contribution in [0, 0.1) is 0 Å². The van der Waals surface area contributed by atoms with Crippen LogP contribution in [0.15, 0.2) is 0 Å². The standard InChI is InChI=1S/C11H21N3/c1-5-7-14-10(12)9(6-2)13-11(14)8(3)4/h8H,5-7,12H2,1-4H3. The van der Waals surface area contributed by atoms with Crippen molar-refractivity contribution in [3.8, 4) is 0 Å². The van der Waals surface area contributed by atoms with Crippen molar-refractivity contribution in [2.24, 2.45) is 0 Å². The smallest absolute Gasteiger partial charge is 0.126 e. The number of imidazole rings is 1. The molecule has 3 heteroatoms. The van der Waals surface area contributed by atoms with Gasteiger partial charge >= 0.3 is 0 Å². The highest BCUT2D eigenvalue weighted by Crippen LogP contribution is 2.21. The quantitative estimate of drug-likeness (QED) is 0.802. The van der Waals surface area contributed by atoms with Crippen LogP contribution in [-0.2, 0) is 13.0 Å². The van der Waals surface area contributed by atoms with Crippen molar-refractivity contribution in [3.63, 3.8) is 0 Å². The molecule has 0 fully saturated rings. The van der Waals surface area contributed by atoms with E-state index in [0.29, 0.717) is 5.92 Å². The van der Waals surface area contributed by atoms with Gasteiger partial charge in [0.15, 0.2) is 0 Å². The summed E-state index contributed by atoms with van der Waals surface area (Å²) in [5, 5.41) is 0. The summed E-state index contributed by atoms with van der Waals surface area (Å²) in [6.45, 7) is 9.56. The second-order valence-corrected chi connectivity index (χ2v) is 3.96. The fourth-order valence-electron chi connectivity index (χ4n) is 1.69. The number of aryl methyl sites for hydroxylation is 1. The van der Waals surface area contributed by atoms with Crippen LogP contribution in [0.2, 0.25) is 0 Å². The number of rotatable bonds is 4. The van der Waals surface area contributed by atoms with Gasteiger partial charge in [0, 0.05) is 12.5 Å². The number of nitrogens with zero attached hydrogens (tertiary/aromatic N) is 2. The molecule has 80 valence electrons. The first kappa shape index (κ1) is 11.1. The number of aromatic nitrogens is 2. The number of nitrogen functional groups attached to an aromatic ring is 1. The van der Waals surface area contributed by atoms with Crippen molar-refractivity contribution in [1.82, 2.24) is 9.55 Å². The summed E-state index contributed by atoms with van der Waals surface area (Å²) in [5.41, 5.74) is 7.08. The van der Waals surface area contributed by atoms with Gasteiger partial charge < -0.3 is 10.3 Å². The molecule has 0 bridgehead atoms. The van der Waals surface area contributed by atoms with Crippen molar-refractivity contribution < 1.29 is 0 Å². The third-order valence-corrected chi connectivity index (χ3v) is 2.41. The maximum atomic E-state index is 6.04. The van der Waals surface area contributed by atoms with Crippen LogP contribution in [0.1, 0.15) is 51.6 Å². The Morgan fingerprint density at radius 3 is 2.43 bits per heavy atom. The average Bonchev–Trinajstić information content (AvgIpc) is 2.45. The zero-order valence-corrected chi connectivity index (χ0v) is 9.67. The van der Waals surface area contributed by atoms with Crippen LogP contribution in [0.25, 0.3) is 0 Å². The highest BCUT2D eigenvalue weighted by Gasteiger charge is 2.14. The van der Waals surface area contributed by atoms with E-state index in [9.17, 15) is 0 Å². The maximum Gasteiger partial charge on any atom is 0.126 e. The van der Waals surface area contributed by atoms with Crippen molar-refractivity contribution in [3.05, 3.63) is 11.5 Å². The number of hydrogen-bond acceptors (Lipinski definition) is 2. The van der Waals surface area contributed by atoms with Gasteiger partial charge in [-0.2, -0.15) is 0 Å². The summed E-state index contributed by atoms with van der Waals surface area (Å²) in [4.78, 5) is 4.58. The van der Waals surface area contributed by atoms with E-state index in [1.165, 1.54) is 0 Å². The van der Waals surface area contributed by atoms with Crippen molar-refractivity contribution >= 4 is 5.82 Å². The summed E-state index contributed by atoms with van der Waals surface area (Å²) in [6.07, 6.45) is 2.02. The van der Waals surface area contributed by atoms with Crippen molar-refractivity contribution in [2.75, 3.05) is 5.73 Å². The molecule has 1 heterocycles. The predicted molar refractivity (Wildman–Crippen MR) is 60.4 cm³/mol. The van der Waals surface area contributed by atoms with E-state index in [4.69, 9.17) is 5.73 Å². The van der Waals surface area contributed by atoms with E-state index in [0.717, 1.165) is 36.7 Å². The largest absolute Gasteiger partial charge is 0.384 e. The fraction of sp³-hybridized carbons (Fsp3) is 0.727. The van der Waals surface area contributed by atoms with Crippen LogP contribution in [-0.4, -0.2) is 9.55 Å². The first-order valence-electron chi connectivity index (χ1n) is 5.46. The van der Waals surface area contributed by atoms with E-state index in [1.807, 2.05) is 0 Å². The average molecular weight is 195 g/mol. The Kier molecular flexibility index (Phi) is 3.55. The second kappa shape index (κ2) is 4.49. The molecule has 0 aliphatic carbocycles. The summed E-state index contributed by atoms with van der Waals surface area (Å²) < 4.78 is 2.16. The zero-order valence-electron chi connectivity index (χ0n) is 9.67. The molecular formula is C11H21N3. The maximum absolute atomic E-state index is 6.04. The molecule has 2 N–H and O–H groups in total. The molecule has 0 amide bonds. The lowest BCUT2D eigenvalue weighted by molar-refractivity contribution is 0.616. The normalized spacial score (nSPS) is 11.2.